The van der Waals surface area contributed by atoms with E-state index in [0.29, 0.717) is 19.4 Å². The standard InChI is InChI=1S/C10H26N4.C6H14N4O2/c11-5-3-9-13-7-1-2-8-14-10-4-6-12;7-4(5(11)12)2-1-3-10-6(8)9/h13-14H,1-12H2;4H,1-3,7H2,(H,11,12)(H4,8,9,10). The van der Waals surface area contributed by atoms with Crippen LogP contribution in [0.5, 0.6) is 0 Å². The normalized spacial score (nSPS) is 11.3. The molecule has 0 aromatic rings. The first kappa shape index (κ1) is 26.8. The number of rotatable bonds is 16. The molecule has 0 spiro atoms. The topological polar surface area (TPSA) is 204 Å². The number of nitrogens with two attached hydrogens (primary N) is 5. The molecule has 0 radical (unpaired) electrons. The molecule has 0 fully saturated rings. The number of nitrogens with one attached hydrogen (secondary N) is 2. The molecule has 0 heterocycles. The molecule has 26 heavy (non-hydrogen) atoms. The molecule has 1 atom stereocenters. The third kappa shape index (κ3) is 24.8. The Morgan fingerprint density at radius 1 is 0.885 bits per heavy atom. The molecule has 0 saturated heterocycles. The fraction of sp³-hybridized carbons (Fsp3) is 0.875. The van der Waals surface area contributed by atoms with Gasteiger partial charge in [-0.3, -0.25) is 9.79 Å². The van der Waals surface area contributed by atoms with Crippen molar-refractivity contribution in [3.63, 3.8) is 0 Å². The van der Waals surface area contributed by atoms with Gasteiger partial charge in [0.2, 0.25) is 0 Å². The maximum atomic E-state index is 10.2. The molecular weight excluding hydrogens is 336 g/mol. The number of aliphatic imine (C=N–C) groups is 1. The molecule has 10 nitrogen and oxygen atoms in total. The second kappa shape index (κ2) is 21.6. The number of guanidine groups is 1. The quantitative estimate of drug-likeness (QED) is 0.0858. The number of carboxylic acids is 1. The van der Waals surface area contributed by atoms with E-state index in [2.05, 4.69) is 15.6 Å². The highest BCUT2D eigenvalue weighted by Gasteiger charge is 2.09. The summed E-state index contributed by atoms with van der Waals surface area (Å²) in [5, 5.41) is 15.1. The Balaban J connectivity index is 0. The average molecular weight is 377 g/mol. The Hall–Kier alpha value is -1.46. The largest absolute Gasteiger partial charge is 0.480 e. The monoisotopic (exact) mass is 376 g/mol. The van der Waals surface area contributed by atoms with Crippen molar-refractivity contribution < 1.29 is 9.90 Å². The van der Waals surface area contributed by atoms with Gasteiger partial charge in [-0.2, -0.15) is 0 Å². The van der Waals surface area contributed by atoms with Gasteiger partial charge in [0.05, 0.1) is 0 Å². The van der Waals surface area contributed by atoms with Gasteiger partial charge in [-0.05, 0) is 77.8 Å². The SMILES string of the molecule is NC(N)=NCCCC(N)C(=O)O.NCCCNCCCCNCCCN. The lowest BCUT2D eigenvalue weighted by molar-refractivity contribution is -0.138. The summed E-state index contributed by atoms with van der Waals surface area (Å²) < 4.78 is 0. The second-order valence-corrected chi connectivity index (χ2v) is 5.89. The Labute approximate surface area is 157 Å². The van der Waals surface area contributed by atoms with Gasteiger partial charge in [-0.15, -0.1) is 0 Å². The van der Waals surface area contributed by atoms with Crippen molar-refractivity contribution in [3.05, 3.63) is 0 Å². The molecule has 0 aromatic heterocycles. The van der Waals surface area contributed by atoms with E-state index in [1.165, 1.54) is 12.8 Å². The Morgan fingerprint density at radius 2 is 1.35 bits per heavy atom. The van der Waals surface area contributed by atoms with Gasteiger partial charge in [0.25, 0.3) is 0 Å². The van der Waals surface area contributed by atoms with Crippen molar-refractivity contribution in [1.29, 1.82) is 0 Å². The minimum absolute atomic E-state index is 0.0129. The summed E-state index contributed by atoms with van der Waals surface area (Å²) in [6, 6.07) is -0.820. The molecule has 10 heteroatoms. The second-order valence-electron chi connectivity index (χ2n) is 5.89. The maximum Gasteiger partial charge on any atom is 0.320 e. The number of aliphatic carboxylic acids is 1. The number of carbonyl (C=O) groups is 1. The summed E-state index contributed by atoms with van der Waals surface area (Å²) in [6.07, 6.45) is 5.58. The van der Waals surface area contributed by atoms with Gasteiger partial charge in [-0.25, -0.2) is 0 Å². The highest BCUT2D eigenvalue weighted by Crippen LogP contribution is 1.94. The molecule has 1 unspecified atom stereocenters. The summed E-state index contributed by atoms with van der Waals surface area (Å²) in [4.78, 5) is 13.9. The van der Waals surface area contributed by atoms with Crippen LogP contribution >= 0.6 is 0 Å². The van der Waals surface area contributed by atoms with Crippen LogP contribution in [0, 0.1) is 0 Å². The lowest BCUT2D eigenvalue weighted by Gasteiger charge is -2.04. The van der Waals surface area contributed by atoms with Crippen LogP contribution in [0.25, 0.3) is 0 Å². The summed E-state index contributed by atoms with van der Waals surface area (Å²) in [7, 11) is 0. The van der Waals surface area contributed by atoms with E-state index >= 15 is 0 Å². The van der Waals surface area contributed by atoms with Crippen molar-refractivity contribution in [2.24, 2.45) is 33.7 Å². The average Bonchev–Trinajstić information content (AvgIpc) is 2.60. The van der Waals surface area contributed by atoms with Crippen LogP contribution in [0.15, 0.2) is 4.99 Å². The van der Waals surface area contributed by atoms with Crippen molar-refractivity contribution >= 4 is 11.9 Å². The molecule has 0 saturated carbocycles. The van der Waals surface area contributed by atoms with E-state index in [0.717, 1.165) is 52.1 Å². The number of hydrogen-bond donors (Lipinski definition) is 8. The molecule has 0 rings (SSSR count). The minimum Gasteiger partial charge on any atom is -0.480 e. The lowest BCUT2D eigenvalue weighted by Crippen LogP contribution is -2.30. The van der Waals surface area contributed by atoms with Crippen LogP contribution in [0.1, 0.15) is 38.5 Å². The summed E-state index contributed by atoms with van der Waals surface area (Å²) in [6.45, 7) is 6.32. The molecule has 0 aliphatic carbocycles. The van der Waals surface area contributed by atoms with E-state index in [1.807, 2.05) is 0 Å². The Kier molecular flexibility index (Phi) is 22.2. The number of unbranched alkanes of at least 4 members (excludes halogenated alkanes) is 1. The van der Waals surface area contributed by atoms with Crippen LogP contribution in [0.3, 0.4) is 0 Å². The zero-order valence-electron chi connectivity index (χ0n) is 16.0. The highest BCUT2D eigenvalue weighted by molar-refractivity contribution is 5.75. The smallest absolute Gasteiger partial charge is 0.320 e. The van der Waals surface area contributed by atoms with Gasteiger partial charge < -0.3 is 44.4 Å². The first-order chi connectivity index (χ1) is 12.5. The fourth-order valence-electron chi connectivity index (χ4n) is 1.85. The summed E-state index contributed by atoms with van der Waals surface area (Å²) >= 11 is 0. The zero-order valence-corrected chi connectivity index (χ0v) is 16.0. The van der Waals surface area contributed by atoms with Gasteiger partial charge in [-0.1, -0.05) is 0 Å². The third-order valence-corrected chi connectivity index (χ3v) is 3.36. The van der Waals surface area contributed by atoms with Gasteiger partial charge >= 0.3 is 5.97 Å². The predicted molar refractivity (Wildman–Crippen MR) is 108 cm³/mol. The van der Waals surface area contributed by atoms with Crippen molar-refractivity contribution in [2.75, 3.05) is 45.8 Å². The highest BCUT2D eigenvalue weighted by atomic mass is 16.4. The molecule has 0 bridgehead atoms. The number of hydrogen-bond acceptors (Lipinski definition) is 7. The zero-order chi connectivity index (χ0) is 20.0. The number of carboxylic acid groups (broad SMARTS) is 1. The van der Waals surface area contributed by atoms with Crippen molar-refractivity contribution in [3.8, 4) is 0 Å². The Morgan fingerprint density at radius 3 is 1.73 bits per heavy atom. The van der Waals surface area contributed by atoms with E-state index in [-0.39, 0.29) is 5.96 Å². The molecular formula is C16H40N8O2. The van der Waals surface area contributed by atoms with E-state index in [9.17, 15) is 4.79 Å². The maximum absolute atomic E-state index is 10.2. The fourth-order valence-corrected chi connectivity index (χ4v) is 1.85. The first-order valence-electron chi connectivity index (χ1n) is 9.31. The van der Waals surface area contributed by atoms with Crippen LogP contribution < -0.4 is 39.3 Å². The van der Waals surface area contributed by atoms with E-state index in [4.69, 9.17) is 33.8 Å². The molecule has 13 N–H and O–H groups in total. The van der Waals surface area contributed by atoms with Crippen LogP contribution in [-0.4, -0.2) is 68.9 Å². The lowest BCUT2D eigenvalue weighted by atomic mass is 10.2. The van der Waals surface area contributed by atoms with Crippen molar-refractivity contribution in [2.45, 2.75) is 44.6 Å². The van der Waals surface area contributed by atoms with Crippen LogP contribution in [0.4, 0.5) is 0 Å². The molecule has 0 amide bonds. The summed E-state index contributed by atoms with van der Waals surface area (Å²) in [5.74, 6) is -0.987. The number of nitrogens with zero attached hydrogens (tertiary/aromatic N) is 1. The molecule has 156 valence electrons. The van der Waals surface area contributed by atoms with E-state index < -0.39 is 12.0 Å². The van der Waals surface area contributed by atoms with Crippen molar-refractivity contribution in [1.82, 2.24) is 10.6 Å². The van der Waals surface area contributed by atoms with Gasteiger partial charge in [0.1, 0.15) is 6.04 Å². The first-order valence-corrected chi connectivity index (χ1v) is 9.31. The third-order valence-electron chi connectivity index (χ3n) is 3.36. The minimum atomic E-state index is -1.00. The van der Waals surface area contributed by atoms with Crippen LogP contribution in [0.2, 0.25) is 0 Å². The van der Waals surface area contributed by atoms with E-state index in [1.54, 1.807) is 0 Å². The van der Waals surface area contributed by atoms with Gasteiger partial charge in [0, 0.05) is 6.54 Å². The summed E-state index contributed by atoms with van der Waals surface area (Å²) in [5.41, 5.74) is 26.1. The predicted octanol–water partition coefficient (Wildman–Crippen LogP) is -1.90. The molecule has 0 aliphatic heterocycles. The Bertz CT molecular complexity index is 326. The molecule has 0 aliphatic rings. The van der Waals surface area contributed by atoms with Gasteiger partial charge in [0.15, 0.2) is 5.96 Å². The van der Waals surface area contributed by atoms with Crippen LogP contribution in [-0.2, 0) is 4.79 Å². The molecule has 0 aromatic carbocycles.